The minimum Gasteiger partial charge on any atom is -0.507 e. The Morgan fingerprint density at radius 1 is 1.09 bits per heavy atom. The van der Waals surface area contributed by atoms with E-state index in [0.29, 0.717) is 28.9 Å². The second-order valence-corrected chi connectivity index (χ2v) is 19.1. The van der Waals surface area contributed by atoms with Crippen LogP contribution in [0.3, 0.4) is 0 Å². The summed E-state index contributed by atoms with van der Waals surface area (Å²) in [6.45, 7) is 12.1. The number of benzene rings is 2. The average molecular weight is 633 g/mol. The van der Waals surface area contributed by atoms with Gasteiger partial charge in [0.2, 0.25) is 11.6 Å². The number of aryl methyl sites for hydroxylation is 1. The Hall–Kier alpha value is -3.60. The number of ether oxygens (including phenoxy) is 1. The fourth-order valence-electron chi connectivity index (χ4n) is 7.11. The minimum absolute atomic E-state index is 0.00221. The van der Waals surface area contributed by atoms with Gasteiger partial charge in [-0.1, -0.05) is 57.2 Å². The van der Waals surface area contributed by atoms with Gasteiger partial charge in [-0.2, -0.15) is 0 Å². The molecule has 2 aromatic carbocycles. The number of aliphatic hydroxyl groups excluding tert-OH is 1. The molecule has 3 aliphatic carbocycles. The lowest BCUT2D eigenvalue weighted by molar-refractivity contribution is -0.140. The van der Waals surface area contributed by atoms with Crippen molar-refractivity contribution in [1.82, 2.24) is 10.1 Å². The molecule has 0 amide bonds. The fraction of sp³-hybridized carbons (Fsp3) is 0.457. The second-order valence-electron chi connectivity index (χ2n) is 14.4. The van der Waals surface area contributed by atoms with Crippen LogP contribution < -0.4 is 4.74 Å². The van der Waals surface area contributed by atoms with Crippen LogP contribution in [-0.4, -0.2) is 54.7 Å². The van der Waals surface area contributed by atoms with E-state index in [1.807, 2.05) is 62.4 Å². The van der Waals surface area contributed by atoms with Crippen molar-refractivity contribution >= 4 is 25.6 Å². The van der Waals surface area contributed by atoms with Crippen molar-refractivity contribution in [2.24, 2.45) is 11.8 Å². The summed E-state index contributed by atoms with van der Waals surface area (Å²) in [6.07, 6.45) is 0.519. The zero-order valence-electron chi connectivity index (χ0n) is 27.2. The molecule has 238 valence electrons. The van der Waals surface area contributed by atoms with Gasteiger partial charge in [0.15, 0.2) is 19.7 Å². The first-order chi connectivity index (χ1) is 21.1. The molecular weight excluding hydrogens is 591 g/mol. The van der Waals surface area contributed by atoms with E-state index in [4.69, 9.17) is 13.7 Å². The number of halogens is 1. The summed E-state index contributed by atoms with van der Waals surface area (Å²) in [5.41, 5.74) is 0.478. The fourth-order valence-corrected chi connectivity index (χ4v) is 8.56. The van der Waals surface area contributed by atoms with Crippen molar-refractivity contribution < 1.29 is 32.8 Å². The van der Waals surface area contributed by atoms with E-state index in [1.165, 1.54) is 6.07 Å². The third-order valence-corrected chi connectivity index (χ3v) is 14.8. The summed E-state index contributed by atoms with van der Waals surface area (Å²) in [6, 6.07) is 11.9. The summed E-state index contributed by atoms with van der Waals surface area (Å²) in [5, 5.41) is 15.6. The predicted octanol–water partition coefficient (Wildman–Crippen LogP) is 6.99. The van der Waals surface area contributed by atoms with Crippen LogP contribution in [0.4, 0.5) is 4.39 Å². The van der Waals surface area contributed by atoms with E-state index in [1.54, 1.807) is 13.0 Å². The number of nitrogens with zero attached hydrogens (tertiary/aromatic N) is 2. The van der Waals surface area contributed by atoms with Crippen molar-refractivity contribution in [2.75, 3.05) is 14.1 Å². The van der Waals surface area contributed by atoms with Crippen molar-refractivity contribution in [3.8, 4) is 5.88 Å². The summed E-state index contributed by atoms with van der Waals surface area (Å²) in [4.78, 5) is 32.2. The molecule has 0 aliphatic heterocycles. The molecule has 0 spiro atoms. The number of carbonyl (C=O) groups is 2. The Kier molecular flexibility index (Phi) is 7.49. The summed E-state index contributed by atoms with van der Waals surface area (Å²) in [5.74, 6) is -2.73. The highest BCUT2D eigenvalue weighted by Crippen LogP contribution is 2.58. The molecule has 45 heavy (non-hydrogen) atoms. The normalized spacial score (nSPS) is 24.7. The second kappa shape index (κ2) is 10.7. The number of aliphatic hydroxyl groups is 1. The molecule has 1 N–H and O–H groups in total. The topological polar surface area (TPSA) is 102 Å². The smallest absolute Gasteiger partial charge is 0.265 e. The molecule has 3 aromatic rings. The van der Waals surface area contributed by atoms with Crippen LogP contribution >= 0.6 is 0 Å². The molecule has 0 unspecified atom stereocenters. The van der Waals surface area contributed by atoms with Gasteiger partial charge in [-0.3, -0.25) is 14.5 Å². The van der Waals surface area contributed by atoms with Crippen LogP contribution in [-0.2, 0) is 22.2 Å². The summed E-state index contributed by atoms with van der Waals surface area (Å²) < 4.78 is 34.2. The van der Waals surface area contributed by atoms with Crippen LogP contribution in [0.1, 0.15) is 71.6 Å². The number of ketones is 2. The zero-order valence-corrected chi connectivity index (χ0v) is 28.2. The average Bonchev–Trinajstić information content (AvgIpc) is 3.38. The van der Waals surface area contributed by atoms with E-state index >= 15 is 14.0 Å². The van der Waals surface area contributed by atoms with E-state index in [-0.39, 0.29) is 40.8 Å². The molecule has 0 radical (unpaired) electrons. The highest BCUT2D eigenvalue weighted by molar-refractivity contribution is 6.74. The lowest BCUT2D eigenvalue weighted by Crippen LogP contribution is -2.68. The standard InChI is InChI=1S/C35H41FN2O6Si/c1-19-14-15-24(36)22-16-21-17-23-28(38(5)6)30-27(33(37-43-30)42-18-20-12-10-9-11-13-20)32(41)35(23,44-45(7,8)34(2,3)4)31(40)26(21)29(39)25(19)22/h9-15,21,23,28,39H,16-18H2,1-8H3/t21-,23-,28-,35-/m0/s1. The van der Waals surface area contributed by atoms with Crippen LogP contribution in [0.15, 0.2) is 52.6 Å². The first-order valence-electron chi connectivity index (χ1n) is 15.4. The first kappa shape index (κ1) is 31.4. The minimum atomic E-state index is -2.83. The maximum atomic E-state index is 15.2. The van der Waals surface area contributed by atoms with Gasteiger partial charge in [0.25, 0.3) is 5.88 Å². The first-order valence-corrected chi connectivity index (χ1v) is 18.3. The number of aromatic nitrogens is 1. The third-order valence-electron chi connectivity index (χ3n) is 10.4. The van der Waals surface area contributed by atoms with Crippen molar-refractivity contribution in [3.63, 3.8) is 0 Å². The highest BCUT2D eigenvalue weighted by Gasteiger charge is 2.68. The molecule has 8 nitrogen and oxygen atoms in total. The molecule has 4 atom stereocenters. The van der Waals surface area contributed by atoms with E-state index in [2.05, 4.69) is 25.9 Å². The Labute approximate surface area is 264 Å². The summed E-state index contributed by atoms with van der Waals surface area (Å²) >= 11 is 0. The molecule has 1 saturated carbocycles. The van der Waals surface area contributed by atoms with Gasteiger partial charge >= 0.3 is 0 Å². The van der Waals surface area contributed by atoms with Crippen molar-refractivity contribution in [3.05, 3.63) is 87.4 Å². The molecule has 0 bridgehead atoms. The van der Waals surface area contributed by atoms with E-state index < -0.39 is 49.2 Å². The third kappa shape index (κ3) is 4.71. The number of hydrogen-bond acceptors (Lipinski definition) is 8. The molecule has 1 aromatic heterocycles. The Morgan fingerprint density at radius 3 is 2.42 bits per heavy atom. The maximum absolute atomic E-state index is 15.2. The van der Waals surface area contributed by atoms with Crippen LogP contribution in [0.25, 0.3) is 5.76 Å². The van der Waals surface area contributed by atoms with Crippen LogP contribution in [0.5, 0.6) is 5.88 Å². The monoisotopic (exact) mass is 632 g/mol. The predicted molar refractivity (Wildman–Crippen MR) is 170 cm³/mol. The van der Waals surface area contributed by atoms with Crippen molar-refractivity contribution in [1.29, 1.82) is 0 Å². The molecule has 6 rings (SSSR count). The van der Waals surface area contributed by atoms with Gasteiger partial charge < -0.3 is 18.8 Å². The Bertz CT molecular complexity index is 1720. The van der Waals surface area contributed by atoms with Crippen LogP contribution in [0, 0.1) is 24.6 Å². The Morgan fingerprint density at radius 2 is 1.78 bits per heavy atom. The number of carbonyl (C=O) groups excluding carboxylic acids is 2. The molecule has 3 aliphatic rings. The number of fused-ring (bicyclic) bond motifs is 4. The molecule has 1 fully saturated rings. The largest absolute Gasteiger partial charge is 0.507 e. The van der Waals surface area contributed by atoms with Gasteiger partial charge in [-0.25, -0.2) is 4.39 Å². The Balaban J connectivity index is 1.58. The lowest BCUT2D eigenvalue weighted by Gasteiger charge is -2.55. The van der Waals surface area contributed by atoms with E-state index in [9.17, 15) is 5.11 Å². The highest BCUT2D eigenvalue weighted by atomic mass is 28.4. The number of rotatable bonds is 6. The lowest BCUT2D eigenvalue weighted by atomic mass is 9.57. The quantitative estimate of drug-likeness (QED) is 0.229. The van der Waals surface area contributed by atoms with Crippen LogP contribution in [0.2, 0.25) is 18.1 Å². The maximum Gasteiger partial charge on any atom is 0.265 e. The van der Waals surface area contributed by atoms with Gasteiger partial charge in [0.05, 0.1) is 6.04 Å². The van der Waals surface area contributed by atoms with Crippen molar-refractivity contribution in [2.45, 2.75) is 76.9 Å². The number of Topliss-reactive ketones (excluding diaryl/α,β-unsaturated/α-hetero) is 2. The molecule has 1 heterocycles. The zero-order chi connectivity index (χ0) is 32.6. The molecule has 0 saturated heterocycles. The van der Waals surface area contributed by atoms with E-state index in [0.717, 1.165) is 5.56 Å². The summed E-state index contributed by atoms with van der Waals surface area (Å²) in [7, 11) is 0.890. The van der Waals surface area contributed by atoms with Gasteiger partial charge in [-0.15, -0.1) is 0 Å². The SMILES string of the molecule is Cc1ccc(F)c2c1C(O)=C1C(=O)[C@]3(O[Si](C)(C)C(C)(C)C)C(=O)c4c(OCc5ccccc5)noc4[C@@H](N(C)C)[C@@H]3C[C@@H]1C2. The molecular formula is C35H41FN2O6Si. The van der Waals surface area contributed by atoms with Gasteiger partial charge in [-0.05, 0) is 85.8 Å². The number of hydrogen-bond donors (Lipinski definition) is 1. The van der Waals surface area contributed by atoms with Gasteiger partial charge in [0.1, 0.15) is 23.7 Å². The van der Waals surface area contributed by atoms with Gasteiger partial charge in [0, 0.05) is 17.1 Å². The molecule has 10 heteroatoms.